The van der Waals surface area contributed by atoms with Crippen molar-refractivity contribution >= 4 is 23.7 Å². The van der Waals surface area contributed by atoms with Gasteiger partial charge in [-0.05, 0) is 30.9 Å². The maximum Gasteiger partial charge on any atom is 0.339 e. The van der Waals surface area contributed by atoms with E-state index >= 15 is 0 Å². The molecule has 8 nitrogen and oxygen atoms in total. The lowest BCUT2D eigenvalue weighted by molar-refractivity contribution is -0.137. The van der Waals surface area contributed by atoms with Gasteiger partial charge in [0.15, 0.2) is 17.3 Å². The number of hydrogen-bond acceptors (Lipinski definition) is 8. The van der Waals surface area contributed by atoms with Crippen molar-refractivity contribution in [2.75, 3.05) is 0 Å². The lowest BCUT2D eigenvalue weighted by atomic mass is 9.97. The maximum absolute atomic E-state index is 13.7. The summed E-state index contributed by atoms with van der Waals surface area (Å²) >= 11 is 0. The minimum Gasteiger partial charge on any atom is -0.504 e. The average molecular weight is 597 g/mol. The molecule has 1 N–H and O–H groups in total. The van der Waals surface area contributed by atoms with E-state index in [9.17, 15) is 24.3 Å². The van der Waals surface area contributed by atoms with E-state index in [-0.39, 0.29) is 37.0 Å². The molecule has 0 radical (unpaired) electrons. The molecule has 0 aliphatic heterocycles. The Kier molecular flexibility index (Phi) is 16.7. The van der Waals surface area contributed by atoms with Crippen molar-refractivity contribution in [2.24, 2.45) is 0 Å². The summed E-state index contributed by atoms with van der Waals surface area (Å²) in [7, 11) is 0. The minimum absolute atomic E-state index is 0.0639. The van der Waals surface area contributed by atoms with Gasteiger partial charge in [-0.3, -0.25) is 14.4 Å². The van der Waals surface area contributed by atoms with Crippen LogP contribution in [0.4, 0.5) is 0 Å². The van der Waals surface area contributed by atoms with Gasteiger partial charge in [0.1, 0.15) is 6.61 Å². The third-order valence-corrected chi connectivity index (χ3v) is 7.09. The Morgan fingerprint density at radius 1 is 0.651 bits per heavy atom. The Labute approximate surface area is 256 Å². The third kappa shape index (κ3) is 12.6. The fourth-order valence-electron chi connectivity index (χ4n) is 4.62. The molecule has 43 heavy (non-hydrogen) atoms. The van der Waals surface area contributed by atoms with E-state index in [1.165, 1.54) is 0 Å². The SMILES string of the molecule is CCCCCCC(=O)Oc1c(O)cc(C(=O)OCc2ccccc2)c(C(=O)CCCCCC)c1OC(=O)CCCCCC. The molecule has 0 spiro atoms. The van der Waals surface area contributed by atoms with Crippen molar-refractivity contribution in [3.05, 3.63) is 53.1 Å². The van der Waals surface area contributed by atoms with E-state index in [1.54, 1.807) is 12.1 Å². The molecule has 0 fully saturated rings. The van der Waals surface area contributed by atoms with Gasteiger partial charge >= 0.3 is 17.9 Å². The molecule has 8 heteroatoms. The van der Waals surface area contributed by atoms with Crippen LogP contribution in [-0.2, 0) is 20.9 Å². The van der Waals surface area contributed by atoms with E-state index in [4.69, 9.17) is 14.2 Å². The lowest BCUT2D eigenvalue weighted by Crippen LogP contribution is -2.19. The summed E-state index contributed by atoms with van der Waals surface area (Å²) in [5.74, 6) is -4.04. The lowest BCUT2D eigenvalue weighted by Gasteiger charge is -2.18. The summed E-state index contributed by atoms with van der Waals surface area (Å²) in [6.07, 6.45) is 10.3. The van der Waals surface area contributed by atoms with Crippen LogP contribution < -0.4 is 9.47 Å². The van der Waals surface area contributed by atoms with Crippen LogP contribution in [-0.4, -0.2) is 28.8 Å². The van der Waals surface area contributed by atoms with Crippen molar-refractivity contribution in [3.63, 3.8) is 0 Å². The standard InChI is InChI=1S/C35H48O8/c1-4-7-10-16-21-28(36)32-27(35(40)41-25-26-19-14-13-15-20-26)24-29(37)33(42-30(38)22-17-11-8-5-2)34(32)43-31(39)23-18-12-9-6-3/h13-15,19-20,24,37H,4-12,16-18,21-23,25H2,1-3H3. The van der Waals surface area contributed by atoms with Crippen molar-refractivity contribution in [1.82, 2.24) is 0 Å². The molecule has 0 aliphatic carbocycles. The Hall–Kier alpha value is -3.68. The Balaban J connectivity index is 2.51. The van der Waals surface area contributed by atoms with Crippen LogP contribution in [0.15, 0.2) is 36.4 Å². The van der Waals surface area contributed by atoms with Crippen LogP contribution >= 0.6 is 0 Å². The number of Topliss-reactive ketones (excluding diaryl/α,β-unsaturated/α-hetero) is 1. The molecule has 2 rings (SSSR count). The number of esters is 3. The molecule has 0 unspecified atom stereocenters. The number of phenols is 1. The number of hydrogen-bond donors (Lipinski definition) is 1. The number of aromatic hydroxyl groups is 1. The number of carbonyl (C=O) groups is 4. The molecule has 0 bridgehead atoms. The molecule has 2 aromatic rings. The zero-order chi connectivity index (χ0) is 31.5. The second kappa shape index (κ2) is 20.3. The summed E-state index contributed by atoms with van der Waals surface area (Å²) in [6.45, 7) is 6.12. The largest absolute Gasteiger partial charge is 0.504 e. The van der Waals surface area contributed by atoms with Crippen LogP contribution in [0.1, 0.15) is 143 Å². The first kappa shape index (κ1) is 35.5. The molecule has 0 amide bonds. The van der Waals surface area contributed by atoms with Gasteiger partial charge in [-0.2, -0.15) is 0 Å². The highest BCUT2D eigenvalue weighted by Gasteiger charge is 2.31. The average Bonchev–Trinajstić information content (AvgIpc) is 3.00. The normalized spacial score (nSPS) is 10.8. The molecular formula is C35H48O8. The van der Waals surface area contributed by atoms with Crippen LogP contribution in [0.25, 0.3) is 0 Å². The Morgan fingerprint density at radius 2 is 1.16 bits per heavy atom. The third-order valence-electron chi connectivity index (χ3n) is 7.09. The van der Waals surface area contributed by atoms with E-state index in [0.717, 1.165) is 69.4 Å². The zero-order valence-electron chi connectivity index (χ0n) is 26.1. The predicted octanol–water partition coefficient (Wildman–Crippen LogP) is 8.65. The predicted molar refractivity (Wildman–Crippen MR) is 166 cm³/mol. The summed E-state index contributed by atoms with van der Waals surface area (Å²) in [5, 5.41) is 11.0. The van der Waals surface area contributed by atoms with Gasteiger partial charge in [-0.15, -0.1) is 0 Å². The summed E-state index contributed by atoms with van der Waals surface area (Å²) < 4.78 is 16.7. The van der Waals surface area contributed by atoms with Crippen molar-refractivity contribution < 1.29 is 38.5 Å². The molecule has 0 saturated carbocycles. The van der Waals surface area contributed by atoms with Crippen LogP contribution in [0.2, 0.25) is 0 Å². The van der Waals surface area contributed by atoms with Crippen molar-refractivity contribution in [2.45, 2.75) is 124 Å². The Bertz CT molecular complexity index is 1170. The van der Waals surface area contributed by atoms with Gasteiger partial charge in [-0.1, -0.05) is 109 Å². The fraction of sp³-hybridized carbons (Fsp3) is 0.543. The first-order valence-corrected chi connectivity index (χ1v) is 15.9. The van der Waals surface area contributed by atoms with Crippen molar-refractivity contribution in [1.29, 1.82) is 0 Å². The van der Waals surface area contributed by atoms with Gasteiger partial charge in [0, 0.05) is 19.3 Å². The minimum atomic E-state index is -0.867. The first-order valence-electron chi connectivity index (χ1n) is 15.9. The van der Waals surface area contributed by atoms with Crippen LogP contribution in [0.3, 0.4) is 0 Å². The topological polar surface area (TPSA) is 116 Å². The van der Waals surface area contributed by atoms with E-state index in [2.05, 4.69) is 20.8 Å². The molecule has 2 aromatic carbocycles. The number of unbranched alkanes of at least 4 members (excludes halogenated alkanes) is 9. The molecule has 0 atom stereocenters. The van der Waals surface area contributed by atoms with Gasteiger partial charge in [-0.25, -0.2) is 4.79 Å². The molecule has 0 aliphatic rings. The van der Waals surface area contributed by atoms with Gasteiger partial charge in [0.05, 0.1) is 11.1 Å². The first-order chi connectivity index (χ1) is 20.8. The molecule has 0 heterocycles. The number of ketones is 1. The van der Waals surface area contributed by atoms with Gasteiger partial charge in [0.2, 0.25) is 5.75 Å². The van der Waals surface area contributed by atoms with E-state index in [0.29, 0.717) is 19.3 Å². The molecule has 236 valence electrons. The monoisotopic (exact) mass is 596 g/mol. The van der Waals surface area contributed by atoms with Crippen LogP contribution in [0, 0.1) is 0 Å². The number of carbonyl (C=O) groups excluding carboxylic acids is 4. The smallest absolute Gasteiger partial charge is 0.339 e. The van der Waals surface area contributed by atoms with E-state index in [1.807, 2.05) is 18.2 Å². The zero-order valence-corrected chi connectivity index (χ0v) is 26.1. The van der Waals surface area contributed by atoms with Gasteiger partial charge in [0.25, 0.3) is 0 Å². The number of rotatable bonds is 21. The molecule has 0 saturated heterocycles. The highest BCUT2D eigenvalue weighted by atomic mass is 16.6. The highest BCUT2D eigenvalue weighted by molar-refractivity contribution is 6.10. The number of ether oxygens (including phenoxy) is 3. The number of phenolic OH excluding ortho intramolecular Hbond substituents is 1. The quantitative estimate of drug-likeness (QED) is 0.0659. The van der Waals surface area contributed by atoms with Gasteiger partial charge < -0.3 is 19.3 Å². The summed E-state index contributed by atoms with van der Waals surface area (Å²) in [6, 6.07) is 10.1. The maximum atomic E-state index is 13.7. The van der Waals surface area contributed by atoms with Crippen LogP contribution in [0.5, 0.6) is 17.2 Å². The number of benzene rings is 2. The van der Waals surface area contributed by atoms with E-state index < -0.39 is 40.9 Å². The summed E-state index contributed by atoms with van der Waals surface area (Å²) in [4.78, 5) is 52.8. The summed E-state index contributed by atoms with van der Waals surface area (Å²) in [5.41, 5.74) is 0.272. The second-order valence-corrected chi connectivity index (χ2v) is 10.8. The Morgan fingerprint density at radius 3 is 1.70 bits per heavy atom. The molecular weight excluding hydrogens is 548 g/mol. The highest BCUT2D eigenvalue weighted by Crippen LogP contribution is 2.43. The van der Waals surface area contributed by atoms with Crippen molar-refractivity contribution in [3.8, 4) is 17.2 Å². The second-order valence-electron chi connectivity index (χ2n) is 10.8. The fourth-order valence-corrected chi connectivity index (χ4v) is 4.62. The molecule has 0 aromatic heterocycles.